The van der Waals surface area contributed by atoms with E-state index in [9.17, 15) is 9.59 Å². The Kier molecular flexibility index (Phi) is 6.67. The van der Waals surface area contributed by atoms with E-state index in [2.05, 4.69) is 29.4 Å². The van der Waals surface area contributed by atoms with Crippen molar-refractivity contribution in [3.63, 3.8) is 0 Å². The van der Waals surface area contributed by atoms with Gasteiger partial charge in [-0.15, -0.1) is 0 Å². The molecule has 0 fully saturated rings. The molecule has 132 valence electrons. The number of anilines is 3. The van der Waals surface area contributed by atoms with Crippen LogP contribution in [0.4, 0.5) is 17.1 Å². The van der Waals surface area contributed by atoms with E-state index in [-0.39, 0.29) is 0 Å². The lowest BCUT2D eigenvalue weighted by atomic mass is 10.2. The normalized spacial score (nSPS) is 10.2. The highest BCUT2D eigenvalue weighted by atomic mass is 35.5. The highest BCUT2D eigenvalue weighted by molar-refractivity contribution is 6.44. The van der Waals surface area contributed by atoms with Gasteiger partial charge in [-0.05, 0) is 56.3 Å². The average Bonchev–Trinajstić information content (AvgIpc) is 2.56. The van der Waals surface area contributed by atoms with Crippen molar-refractivity contribution in [1.29, 1.82) is 0 Å². The van der Waals surface area contributed by atoms with Gasteiger partial charge in [-0.1, -0.05) is 23.2 Å². The van der Waals surface area contributed by atoms with Crippen molar-refractivity contribution in [2.45, 2.75) is 13.8 Å². The maximum Gasteiger partial charge on any atom is 0.314 e. The molecule has 2 rings (SSSR count). The third-order valence-electron chi connectivity index (χ3n) is 3.58. The lowest BCUT2D eigenvalue weighted by molar-refractivity contribution is -0.132. The van der Waals surface area contributed by atoms with E-state index < -0.39 is 11.8 Å². The maximum atomic E-state index is 12.0. The molecule has 2 aromatic carbocycles. The fourth-order valence-corrected chi connectivity index (χ4v) is 2.87. The van der Waals surface area contributed by atoms with Crippen LogP contribution in [0.3, 0.4) is 0 Å². The van der Waals surface area contributed by atoms with Gasteiger partial charge in [0.2, 0.25) is 0 Å². The molecule has 0 atom stereocenters. The lowest BCUT2D eigenvalue weighted by Gasteiger charge is -2.21. The Morgan fingerprint density at radius 2 is 1.32 bits per heavy atom. The molecule has 7 heteroatoms. The molecule has 25 heavy (non-hydrogen) atoms. The number of benzene rings is 2. The van der Waals surface area contributed by atoms with Crippen molar-refractivity contribution in [2.75, 3.05) is 28.6 Å². The summed E-state index contributed by atoms with van der Waals surface area (Å²) in [6.07, 6.45) is 0. The van der Waals surface area contributed by atoms with E-state index in [0.717, 1.165) is 18.8 Å². The van der Waals surface area contributed by atoms with Gasteiger partial charge in [-0.3, -0.25) is 9.59 Å². The Balaban J connectivity index is 2.00. The number of carbonyl (C=O) groups excluding carboxylic acids is 2. The van der Waals surface area contributed by atoms with Gasteiger partial charge in [0, 0.05) is 40.2 Å². The molecule has 0 aliphatic carbocycles. The van der Waals surface area contributed by atoms with Crippen LogP contribution in [0.15, 0.2) is 42.5 Å². The quantitative estimate of drug-likeness (QED) is 0.755. The number of nitrogens with one attached hydrogen (secondary N) is 2. The minimum absolute atomic E-state index is 0.356. The number of hydrogen-bond donors (Lipinski definition) is 2. The molecular formula is C18H19Cl2N3O2. The van der Waals surface area contributed by atoms with Gasteiger partial charge in [0.25, 0.3) is 0 Å². The van der Waals surface area contributed by atoms with E-state index in [1.54, 1.807) is 12.1 Å². The van der Waals surface area contributed by atoms with E-state index in [0.29, 0.717) is 21.4 Å². The zero-order chi connectivity index (χ0) is 18.4. The van der Waals surface area contributed by atoms with Gasteiger partial charge in [0.1, 0.15) is 0 Å². The number of rotatable bonds is 5. The Morgan fingerprint density at radius 1 is 0.840 bits per heavy atom. The van der Waals surface area contributed by atoms with Gasteiger partial charge in [0.05, 0.1) is 0 Å². The van der Waals surface area contributed by atoms with Gasteiger partial charge in [0.15, 0.2) is 0 Å². The van der Waals surface area contributed by atoms with Gasteiger partial charge >= 0.3 is 11.8 Å². The molecular weight excluding hydrogens is 361 g/mol. The Hall–Kier alpha value is -2.24. The van der Waals surface area contributed by atoms with Crippen LogP contribution in [-0.4, -0.2) is 24.9 Å². The smallest absolute Gasteiger partial charge is 0.314 e. The summed E-state index contributed by atoms with van der Waals surface area (Å²) in [4.78, 5) is 26.2. The van der Waals surface area contributed by atoms with Crippen molar-refractivity contribution in [3.8, 4) is 0 Å². The minimum Gasteiger partial charge on any atom is -0.372 e. The van der Waals surface area contributed by atoms with Crippen molar-refractivity contribution >= 4 is 52.1 Å². The molecule has 0 radical (unpaired) electrons. The van der Waals surface area contributed by atoms with Crippen LogP contribution in [0, 0.1) is 0 Å². The average molecular weight is 380 g/mol. The summed E-state index contributed by atoms with van der Waals surface area (Å²) in [5.74, 6) is -1.57. The molecule has 2 N–H and O–H groups in total. The number of halogens is 2. The van der Waals surface area contributed by atoms with Crippen LogP contribution in [-0.2, 0) is 9.59 Å². The van der Waals surface area contributed by atoms with Crippen molar-refractivity contribution < 1.29 is 9.59 Å². The predicted octanol–water partition coefficient (Wildman–Crippen LogP) is 4.42. The third-order valence-corrected chi connectivity index (χ3v) is 4.02. The summed E-state index contributed by atoms with van der Waals surface area (Å²) in [5.41, 5.74) is 1.95. The monoisotopic (exact) mass is 379 g/mol. The van der Waals surface area contributed by atoms with Crippen molar-refractivity contribution in [2.24, 2.45) is 0 Å². The molecule has 5 nitrogen and oxygen atoms in total. The van der Waals surface area contributed by atoms with Crippen LogP contribution >= 0.6 is 23.2 Å². The first-order chi connectivity index (χ1) is 11.9. The second-order valence-electron chi connectivity index (χ2n) is 5.29. The number of amides is 2. The Labute approximate surface area is 156 Å². The maximum absolute atomic E-state index is 12.0. The largest absolute Gasteiger partial charge is 0.372 e. The molecule has 0 heterocycles. The second-order valence-corrected chi connectivity index (χ2v) is 6.16. The number of carbonyl (C=O) groups is 2. The first kappa shape index (κ1) is 19.1. The van der Waals surface area contributed by atoms with Gasteiger partial charge < -0.3 is 15.5 Å². The molecule has 0 saturated heterocycles. The fourth-order valence-electron chi connectivity index (χ4n) is 2.35. The molecule has 0 aromatic heterocycles. The topological polar surface area (TPSA) is 61.4 Å². The zero-order valence-corrected chi connectivity index (χ0v) is 15.5. The molecule has 0 saturated carbocycles. The molecule has 2 amide bonds. The molecule has 0 aliphatic rings. The first-order valence-electron chi connectivity index (χ1n) is 7.86. The van der Waals surface area contributed by atoms with E-state index in [4.69, 9.17) is 23.2 Å². The summed E-state index contributed by atoms with van der Waals surface area (Å²) in [6.45, 7) is 5.94. The predicted molar refractivity (Wildman–Crippen MR) is 104 cm³/mol. The SMILES string of the molecule is CCN(CC)c1ccc(NC(=O)C(=O)Nc2cc(Cl)cc(Cl)c2)cc1. The zero-order valence-electron chi connectivity index (χ0n) is 14.0. The molecule has 0 spiro atoms. The summed E-state index contributed by atoms with van der Waals surface area (Å²) >= 11 is 11.7. The lowest BCUT2D eigenvalue weighted by Crippen LogP contribution is -2.29. The van der Waals surface area contributed by atoms with Crippen LogP contribution in [0.5, 0.6) is 0 Å². The minimum atomic E-state index is -0.800. The van der Waals surface area contributed by atoms with Gasteiger partial charge in [-0.2, -0.15) is 0 Å². The Morgan fingerprint density at radius 3 is 1.80 bits per heavy atom. The molecule has 0 unspecified atom stereocenters. The van der Waals surface area contributed by atoms with Crippen molar-refractivity contribution in [1.82, 2.24) is 0 Å². The second kappa shape index (κ2) is 8.74. The molecule has 2 aromatic rings. The van der Waals surface area contributed by atoms with E-state index >= 15 is 0 Å². The van der Waals surface area contributed by atoms with Gasteiger partial charge in [-0.25, -0.2) is 0 Å². The highest BCUT2D eigenvalue weighted by Crippen LogP contribution is 2.22. The van der Waals surface area contributed by atoms with Crippen molar-refractivity contribution in [3.05, 3.63) is 52.5 Å². The summed E-state index contributed by atoms with van der Waals surface area (Å²) in [7, 11) is 0. The summed E-state index contributed by atoms with van der Waals surface area (Å²) in [5, 5.41) is 5.76. The Bertz CT molecular complexity index is 739. The van der Waals surface area contributed by atoms with E-state index in [1.807, 2.05) is 12.1 Å². The number of hydrogen-bond acceptors (Lipinski definition) is 3. The molecule has 0 aliphatic heterocycles. The molecule has 0 bridgehead atoms. The van der Waals surface area contributed by atoms with Crippen LogP contribution in [0.25, 0.3) is 0 Å². The summed E-state index contributed by atoms with van der Waals surface area (Å²) < 4.78 is 0. The van der Waals surface area contributed by atoms with Crippen LogP contribution < -0.4 is 15.5 Å². The highest BCUT2D eigenvalue weighted by Gasteiger charge is 2.15. The first-order valence-corrected chi connectivity index (χ1v) is 8.62. The summed E-state index contributed by atoms with van der Waals surface area (Å²) in [6, 6.07) is 11.9. The number of nitrogens with zero attached hydrogens (tertiary/aromatic N) is 1. The van der Waals surface area contributed by atoms with Crippen LogP contribution in [0.1, 0.15) is 13.8 Å². The third kappa shape index (κ3) is 5.37. The fraction of sp³-hybridized carbons (Fsp3) is 0.222. The van der Waals surface area contributed by atoms with Crippen LogP contribution in [0.2, 0.25) is 10.0 Å². The standard InChI is InChI=1S/C18H19Cl2N3O2/c1-3-23(4-2)16-7-5-14(6-8-16)21-17(24)18(25)22-15-10-12(19)9-13(20)11-15/h5-11H,3-4H2,1-2H3,(H,21,24)(H,22,25). The van der Waals surface area contributed by atoms with E-state index in [1.165, 1.54) is 18.2 Å².